The summed E-state index contributed by atoms with van der Waals surface area (Å²) >= 11 is 5.26. The van der Waals surface area contributed by atoms with Crippen LogP contribution in [0.2, 0.25) is 5.15 Å². The van der Waals surface area contributed by atoms with Gasteiger partial charge in [0, 0.05) is 5.56 Å². The third-order valence-electron chi connectivity index (χ3n) is 1.44. The normalized spacial score (nSPS) is 14.1. The highest BCUT2D eigenvalue weighted by Crippen LogP contribution is 2.35. The largest absolute Gasteiger partial charge is 0.418 e. The monoisotopic (exact) mass is 229 g/mol. The second kappa shape index (κ2) is 3.70. The first-order chi connectivity index (χ1) is 6.32. The second-order valence-corrected chi connectivity index (χ2v) is 2.84. The summed E-state index contributed by atoms with van der Waals surface area (Å²) in [5, 5.41) is 8.17. The van der Waals surface area contributed by atoms with Crippen LogP contribution in [0.1, 0.15) is 11.7 Å². The zero-order chi connectivity index (χ0) is 10.9. The van der Waals surface area contributed by atoms with Crippen molar-refractivity contribution >= 4 is 11.6 Å². The fourth-order valence-corrected chi connectivity index (χ4v) is 1.01. The Labute approximate surface area is 81.1 Å². The van der Waals surface area contributed by atoms with E-state index < -0.39 is 28.8 Å². The third kappa shape index (κ3) is 2.33. The maximum atomic E-state index is 12.5. The standard InChI is InChI=1S/C7H4ClF4NO/c8-6-4(1-3(9)2-13-6)5(14)7(10,11)12/h1-2,5,14H. The van der Waals surface area contributed by atoms with Gasteiger partial charge < -0.3 is 5.11 Å². The van der Waals surface area contributed by atoms with E-state index in [-0.39, 0.29) is 0 Å². The number of aliphatic hydroxyl groups excluding tert-OH is 1. The van der Waals surface area contributed by atoms with Gasteiger partial charge in [-0.3, -0.25) is 0 Å². The van der Waals surface area contributed by atoms with Crippen LogP contribution in [0.4, 0.5) is 17.6 Å². The van der Waals surface area contributed by atoms with Crippen molar-refractivity contribution in [1.82, 2.24) is 4.98 Å². The van der Waals surface area contributed by atoms with E-state index in [0.29, 0.717) is 12.3 Å². The van der Waals surface area contributed by atoms with Crippen LogP contribution in [-0.4, -0.2) is 16.3 Å². The molecule has 1 aromatic heterocycles. The van der Waals surface area contributed by atoms with Crippen molar-refractivity contribution in [1.29, 1.82) is 0 Å². The Kier molecular flexibility index (Phi) is 2.96. The molecule has 2 nitrogen and oxygen atoms in total. The Bertz CT molecular complexity index is 341. The SMILES string of the molecule is OC(c1cc(F)cnc1Cl)C(F)(F)F. The lowest BCUT2D eigenvalue weighted by atomic mass is 10.1. The highest BCUT2D eigenvalue weighted by Gasteiger charge is 2.40. The molecule has 0 fully saturated rings. The zero-order valence-corrected chi connectivity index (χ0v) is 7.27. The second-order valence-electron chi connectivity index (χ2n) is 2.48. The van der Waals surface area contributed by atoms with E-state index >= 15 is 0 Å². The number of halogens is 5. The molecule has 1 atom stereocenters. The van der Waals surface area contributed by atoms with E-state index in [4.69, 9.17) is 16.7 Å². The third-order valence-corrected chi connectivity index (χ3v) is 1.75. The molecule has 1 N–H and O–H groups in total. The average Bonchev–Trinajstić information content (AvgIpc) is 2.06. The molecule has 1 rings (SSSR count). The van der Waals surface area contributed by atoms with Gasteiger partial charge in [0.15, 0.2) is 6.10 Å². The molecule has 14 heavy (non-hydrogen) atoms. The van der Waals surface area contributed by atoms with Gasteiger partial charge in [-0.05, 0) is 6.07 Å². The van der Waals surface area contributed by atoms with Gasteiger partial charge in [-0.15, -0.1) is 0 Å². The number of alkyl halides is 3. The van der Waals surface area contributed by atoms with Crippen LogP contribution < -0.4 is 0 Å². The summed E-state index contributed by atoms with van der Waals surface area (Å²) < 4.78 is 48.5. The Hall–Kier alpha value is -0.880. The molecular formula is C7H4ClF4NO. The molecule has 0 aliphatic carbocycles. The Balaban J connectivity index is 3.12. The van der Waals surface area contributed by atoms with Gasteiger partial charge in [0.25, 0.3) is 0 Å². The highest BCUT2D eigenvalue weighted by molar-refractivity contribution is 6.30. The number of aromatic nitrogens is 1. The molecule has 0 saturated carbocycles. The molecule has 1 heterocycles. The van der Waals surface area contributed by atoms with Crippen LogP contribution in [0.15, 0.2) is 12.3 Å². The van der Waals surface area contributed by atoms with Crippen LogP contribution >= 0.6 is 11.6 Å². The number of aliphatic hydroxyl groups is 1. The first-order valence-electron chi connectivity index (χ1n) is 3.38. The summed E-state index contributed by atoms with van der Waals surface area (Å²) in [7, 11) is 0. The van der Waals surface area contributed by atoms with E-state index in [0.717, 1.165) is 0 Å². The minimum absolute atomic E-state index is 0.494. The summed E-state index contributed by atoms with van der Waals surface area (Å²) in [5.74, 6) is -0.993. The molecule has 0 bridgehead atoms. The maximum absolute atomic E-state index is 12.5. The lowest BCUT2D eigenvalue weighted by Gasteiger charge is -2.15. The minimum atomic E-state index is -4.89. The highest BCUT2D eigenvalue weighted by atomic mass is 35.5. The van der Waals surface area contributed by atoms with Gasteiger partial charge in [-0.2, -0.15) is 13.2 Å². The van der Waals surface area contributed by atoms with Gasteiger partial charge in [-0.1, -0.05) is 11.6 Å². The Morgan fingerprint density at radius 3 is 2.50 bits per heavy atom. The van der Waals surface area contributed by atoms with Crippen LogP contribution in [0.5, 0.6) is 0 Å². The number of hydrogen-bond acceptors (Lipinski definition) is 2. The van der Waals surface area contributed by atoms with Crippen molar-refractivity contribution in [2.45, 2.75) is 12.3 Å². The van der Waals surface area contributed by atoms with Crippen molar-refractivity contribution in [3.05, 3.63) is 28.8 Å². The molecule has 0 aliphatic rings. The summed E-state index contributed by atoms with van der Waals surface area (Å²) in [6, 6.07) is 0.494. The fraction of sp³-hybridized carbons (Fsp3) is 0.286. The Morgan fingerprint density at radius 2 is 2.00 bits per heavy atom. The molecule has 0 saturated heterocycles. The summed E-state index contributed by atoms with van der Waals surface area (Å²) in [6.07, 6.45) is -7.05. The number of rotatable bonds is 1. The predicted octanol–water partition coefficient (Wildman–Crippen LogP) is 2.47. The maximum Gasteiger partial charge on any atom is 0.418 e. The van der Waals surface area contributed by atoms with E-state index in [1.54, 1.807) is 0 Å². The van der Waals surface area contributed by atoms with Gasteiger partial charge in [0.05, 0.1) is 6.20 Å². The molecule has 0 aliphatic heterocycles. The fourth-order valence-electron chi connectivity index (χ4n) is 0.806. The Morgan fingerprint density at radius 1 is 1.43 bits per heavy atom. The van der Waals surface area contributed by atoms with Gasteiger partial charge in [0.1, 0.15) is 11.0 Å². The topological polar surface area (TPSA) is 33.1 Å². The van der Waals surface area contributed by atoms with E-state index in [9.17, 15) is 17.6 Å². The lowest BCUT2D eigenvalue weighted by molar-refractivity contribution is -0.206. The average molecular weight is 230 g/mol. The van der Waals surface area contributed by atoms with Crippen molar-refractivity contribution in [3.63, 3.8) is 0 Å². The van der Waals surface area contributed by atoms with Gasteiger partial charge in [0.2, 0.25) is 0 Å². The zero-order valence-electron chi connectivity index (χ0n) is 6.52. The molecule has 0 aromatic carbocycles. The summed E-state index contributed by atoms with van der Waals surface area (Å²) in [5.41, 5.74) is -0.792. The van der Waals surface area contributed by atoms with Crippen LogP contribution in [0, 0.1) is 5.82 Å². The number of pyridine rings is 1. The van der Waals surface area contributed by atoms with E-state index in [1.165, 1.54) is 0 Å². The van der Waals surface area contributed by atoms with Crippen molar-refractivity contribution in [3.8, 4) is 0 Å². The number of hydrogen-bond donors (Lipinski definition) is 1. The van der Waals surface area contributed by atoms with Crippen LogP contribution in [0.3, 0.4) is 0 Å². The predicted molar refractivity (Wildman–Crippen MR) is 40.2 cm³/mol. The van der Waals surface area contributed by atoms with Crippen molar-refractivity contribution in [2.75, 3.05) is 0 Å². The first kappa shape index (κ1) is 11.2. The summed E-state index contributed by atoms with van der Waals surface area (Å²) in [6.45, 7) is 0. The molecule has 7 heteroatoms. The van der Waals surface area contributed by atoms with Crippen molar-refractivity contribution in [2.24, 2.45) is 0 Å². The van der Waals surface area contributed by atoms with Gasteiger partial charge >= 0.3 is 6.18 Å². The molecule has 0 amide bonds. The first-order valence-corrected chi connectivity index (χ1v) is 3.76. The smallest absolute Gasteiger partial charge is 0.379 e. The van der Waals surface area contributed by atoms with Gasteiger partial charge in [-0.25, -0.2) is 9.37 Å². The lowest BCUT2D eigenvalue weighted by Crippen LogP contribution is -2.21. The van der Waals surface area contributed by atoms with E-state index in [2.05, 4.69) is 4.98 Å². The molecule has 0 radical (unpaired) electrons. The molecule has 0 spiro atoms. The van der Waals surface area contributed by atoms with Crippen LogP contribution in [-0.2, 0) is 0 Å². The quantitative estimate of drug-likeness (QED) is 0.593. The van der Waals surface area contributed by atoms with Crippen molar-refractivity contribution < 1.29 is 22.7 Å². The summed E-state index contributed by atoms with van der Waals surface area (Å²) in [4.78, 5) is 3.14. The molecule has 1 aromatic rings. The minimum Gasteiger partial charge on any atom is -0.379 e. The molecular weight excluding hydrogens is 226 g/mol. The number of nitrogens with zero attached hydrogens (tertiary/aromatic N) is 1. The molecule has 78 valence electrons. The molecule has 1 unspecified atom stereocenters. The van der Waals surface area contributed by atoms with E-state index in [1.807, 2.05) is 0 Å². The van der Waals surface area contributed by atoms with Crippen LogP contribution in [0.25, 0.3) is 0 Å².